The molecule has 0 aromatic heterocycles. The lowest BCUT2D eigenvalue weighted by atomic mass is 9.65. The second-order valence-corrected chi connectivity index (χ2v) is 17.4. The van der Waals surface area contributed by atoms with E-state index < -0.39 is 28.9 Å². The van der Waals surface area contributed by atoms with Crippen molar-refractivity contribution < 1.29 is 26.3 Å². The standard InChI is InChI=1S/C27H22.C18H20.C15H10F6.2C2H6/c1-19-11-15-21(16-12-19)27(22-17-13-20(2)14-18-22)25-9-5-3-7-23(25)24-8-4-6-10-26(24)27;1-4-10-16(11-5-1)18(14-8-3-9-15-18)17-12-6-2-7-13-17;16-14(17,18)13(15(19,20)21,11-7-3-1-4-8-11)12-9-5-2-6-10-12;2*1-2/h3-18H,1-2H3;1-2,4-7,10-13H,3,8-9,14-15H2;1-10H;2*1-2H3. The smallest absolute Gasteiger partial charge is 0.169 e. The Kier molecular flexibility index (Phi) is 17.5. The normalized spacial score (nSPS) is 14.2. The molecule has 70 heavy (non-hydrogen) atoms. The molecule has 0 saturated heterocycles. The number of hydrogen-bond donors (Lipinski definition) is 0. The molecule has 0 spiro atoms. The van der Waals surface area contributed by atoms with Crippen molar-refractivity contribution in [2.24, 2.45) is 0 Å². The first kappa shape index (κ1) is 52.7. The number of fused-ring (bicyclic) bond motifs is 3. The Balaban J connectivity index is 0.000000170. The van der Waals surface area contributed by atoms with Crippen LogP contribution in [0, 0.1) is 13.8 Å². The fraction of sp³-hybridized carbons (Fsp3) is 0.250. The molecule has 8 aromatic rings. The molecule has 0 aliphatic heterocycles. The molecule has 1 fully saturated rings. The molecule has 0 N–H and O–H groups in total. The van der Waals surface area contributed by atoms with Crippen LogP contribution < -0.4 is 0 Å². The van der Waals surface area contributed by atoms with E-state index in [9.17, 15) is 26.3 Å². The van der Waals surface area contributed by atoms with E-state index in [-0.39, 0.29) is 10.8 Å². The molecule has 0 amide bonds. The first-order valence-corrected chi connectivity index (χ1v) is 24.5. The molecule has 0 radical (unpaired) electrons. The highest BCUT2D eigenvalue weighted by Crippen LogP contribution is 2.57. The third-order valence-electron chi connectivity index (χ3n) is 13.5. The van der Waals surface area contributed by atoms with Crippen molar-refractivity contribution in [1.82, 2.24) is 0 Å². The highest BCUT2D eigenvalue weighted by molar-refractivity contribution is 5.86. The van der Waals surface area contributed by atoms with Crippen LogP contribution in [0.3, 0.4) is 0 Å². The van der Waals surface area contributed by atoms with Gasteiger partial charge in [0.05, 0.1) is 5.41 Å². The zero-order valence-corrected chi connectivity index (χ0v) is 41.1. The molecule has 0 bridgehead atoms. The van der Waals surface area contributed by atoms with Gasteiger partial charge < -0.3 is 0 Å². The fourth-order valence-corrected chi connectivity index (χ4v) is 10.4. The van der Waals surface area contributed by atoms with Gasteiger partial charge in [-0.15, -0.1) is 0 Å². The SMILES string of the molecule is CC.CC.Cc1ccc(C2(c3ccc(C)cc3)c3ccccc3-c3ccccc32)cc1.FC(F)(F)C(c1ccccc1)(c1ccccc1)C(F)(F)F.c1ccc(C2(c3ccccc3)CCCCC2)cc1. The molecule has 2 aliphatic rings. The molecule has 2 aliphatic carbocycles. The third kappa shape index (κ3) is 10.3. The lowest BCUT2D eigenvalue weighted by Gasteiger charge is -2.38. The maximum atomic E-state index is 13.5. The van der Waals surface area contributed by atoms with Gasteiger partial charge >= 0.3 is 12.4 Å². The first-order chi connectivity index (χ1) is 33.8. The zero-order chi connectivity index (χ0) is 50.4. The maximum absolute atomic E-state index is 13.5. The zero-order valence-electron chi connectivity index (χ0n) is 41.1. The predicted molar refractivity (Wildman–Crippen MR) is 278 cm³/mol. The number of rotatable bonds is 6. The number of alkyl halides is 6. The Morgan fingerprint density at radius 2 is 0.629 bits per heavy atom. The largest absolute Gasteiger partial charge is 0.411 e. The van der Waals surface area contributed by atoms with Gasteiger partial charge in [-0.05, 0) is 82.3 Å². The van der Waals surface area contributed by atoms with E-state index >= 15 is 0 Å². The summed E-state index contributed by atoms with van der Waals surface area (Å²) >= 11 is 0. The Morgan fingerprint density at radius 1 is 0.329 bits per heavy atom. The van der Waals surface area contributed by atoms with Crippen molar-refractivity contribution in [2.75, 3.05) is 0 Å². The highest BCUT2D eigenvalue weighted by Gasteiger charge is 2.72. The van der Waals surface area contributed by atoms with Crippen molar-refractivity contribution in [3.05, 3.63) is 274 Å². The summed E-state index contributed by atoms with van der Waals surface area (Å²) in [6.45, 7) is 12.3. The van der Waals surface area contributed by atoms with Crippen molar-refractivity contribution in [1.29, 1.82) is 0 Å². The Hall–Kier alpha value is -6.66. The average molecular weight is 947 g/mol. The molecule has 1 saturated carbocycles. The van der Waals surface area contributed by atoms with Crippen molar-refractivity contribution in [3.8, 4) is 11.1 Å². The van der Waals surface area contributed by atoms with Crippen LogP contribution in [0.15, 0.2) is 218 Å². The molecule has 10 rings (SSSR count). The third-order valence-corrected chi connectivity index (χ3v) is 13.5. The summed E-state index contributed by atoms with van der Waals surface area (Å²) < 4.78 is 81.1. The van der Waals surface area contributed by atoms with Crippen LogP contribution in [-0.4, -0.2) is 12.4 Å². The summed E-state index contributed by atoms with van der Waals surface area (Å²) in [6, 6.07) is 68.8. The quantitative estimate of drug-likeness (QED) is 0.146. The van der Waals surface area contributed by atoms with E-state index in [1.165, 1.54) is 99.9 Å². The summed E-state index contributed by atoms with van der Waals surface area (Å²) in [7, 11) is 0. The van der Waals surface area contributed by atoms with Gasteiger partial charge in [0.1, 0.15) is 0 Å². The van der Waals surface area contributed by atoms with E-state index in [0.29, 0.717) is 0 Å². The molecule has 0 atom stereocenters. The van der Waals surface area contributed by atoms with E-state index in [1.54, 1.807) is 0 Å². The summed E-state index contributed by atoms with van der Waals surface area (Å²) in [5, 5.41) is 0. The Labute approximate surface area is 412 Å². The van der Waals surface area contributed by atoms with Gasteiger partial charge in [0.15, 0.2) is 0 Å². The van der Waals surface area contributed by atoms with E-state index in [0.717, 1.165) is 48.5 Å². The summed E-state index contributed by atoms with van der Waals surface area (Å²) in [6.07, 6.45) is -4.36. The van der Waals surface area contributed by atoms with Crippen LogP contribution in [0.5, 0.6) is 0 Å². The predicted octanol–water partition coefficient (Wildman–Crippen LogP) is 18.8. The lowest BCUT2D eigenvalue weighted by molar-refractivity contribution is -0.288. The minimum Gasteiger partial charge on any atom is -0.169 e. The molecule has 8 aromatic carbocycles. The van der Waals surface area contributed by atoms with Gasteiger partial charge in [0, 0.05) is 5.41 Å². The van der Waals surface area contributed by atoms with Crippen LogP contribution in [0.2, 0.25) is 0 Å². The van der Waals surface area contributed by atoms with Gasteiger partial charge in [-0.1, -0.05) is 276 Å². The van der Waals surface area contributed by atoms with Crippen LogP contribution in [0.1, 0.15) is 115 Å². The number of aryl methyl sites for hydroxylation is 2. The van der Waals surface area contributed by atoms with Crippen molar-refractivity contribution >= 4 is 0 Å². The molecule has 0 heterocycles. The number of halogens is 6. The maximum Gasteiger partial charge on any atom is 0.411 e. The molecule has 0 nitrogen and oxygen atoms in total. The topological polar surface area (TPSA) is 0 Å². The molecule has 362 valence electrons. The Morgan fingerprint density at radius 3 is 0.957 bits per heavy atom. The van der Waals surface area contributed by atoms with E-state index in [2.05, 4.69) is 172 Å². The minimum absolute atomic E-state index is 0.265. The van der Waals surface area contributed by atoms with Gasteiger partial charge in [-0.2, -0.15) is 26.3 Å². The molecular formula is C64H64F6. The fourth-order valence-electron chi connectivity index (χ4n) is 10.4. The second-order valence-electron chi connectivity index (χ2n) is 17.4. The van der Waals surface area contributed by atoms with Gasteiger partial charge in [-0.25, -0.2) is 0 Å². The van der Waals surface area contributed by atoms with E-state index in [4.69, 9.17) is 0 Å². The van der Waals surface area contributed by atoms with Crippen LogP contribution in [0.4, 0.5) is 26.3 Å². The second kappa shape index (κ2) is 23.3. The summed E-state index contributed by atoms with van der Waals surface area (Å²) in [4.78, 5) is 0. The van der Waals surface area contributed by atoms with Gasteiger partial charge in [0.2, 0.25) is 5.41 Å². The Bertz CT molecular complexity index is 2600. The average Bonchev–Trinajstić information content (AvgIpc) is 3.70. The lowest BCUT2D eigenvalue weighted by Crippen LogP contribution is -2.54. The first-order valence-electron chi connectivity index (χ1n) is 24.5. The van der Waals surface area contributed by atoms with Gasteiger partial charge in [0.25, 0.3) is 0 Å². The van der Waals surface area contributed by atoms with Crippen LogP contribution in [0.25, 0.3) is 11.1 Å². The molecule has 6 heteroatoms. The molecular weight excluding hydrogens is 883 g/mol. The van der Waals surface area contributed by atoms with Gasteiger partial charge in [-0.3, -0.25) is 0 Å². The summed E-state index contributed by atoms with van der Waals surface area (Å²) in [5.74, 6) is 0. The minimum atomic E-state index is -5.52. The van der Waals surface area contributed by atoms with Crippen molar-refractivity contribution in [2.45, 2.75) is 102 Å². The molecule has 0 unspecified atom stereocenters. The van der Waals surface area contributed by atoms with Crippen molar-refractivity contribution in [3.63, 3.8) is 0 Å². The summed E-state index contributed by atoms with van der Waals surface area (Å²) in [5.41, 5.74) is 7.91. The monoisotopic (exact) mass is 946 g/mol. The number of benzene rings is 8. The van der Waals surface area contributed by atoms with E-state index in [1.807, 2.05) is 27.7 Å². The number of hydrogen-bond acceptors (Lipinski definition) is 0. The highest BCUT2D eigenvalue weighted by atomic mass is 19.4. The van der Waals surface area contributed by atoms with Crippen LogP contribution >= 0.6 is 0 Å². The van der Waals surface area contributed by atoms with Crippen LogP contribution in [-0.2, 0) is 16.2 Å².